The first-order valence-corrected chi connectivity index (χ1v) is 7.71. The van der Waals surface area contributed by atoms with Gasteiger partial charge in [0.2, 0.25) is 0 Å². The molecule has 26 heavy (non-hydrogen) atoms. The van der Waals surface area contributed by atoms with Gasteiger partial charge in [-0.15, -0.1) is 0 Å². The molecule has 0 spiro atoms. The molecular weight excluding hydrogens is 351 g/mol. The van der Waals surface area contributed by atoms with Crippen molar-refractivity contribution >= 4 is 0 Å². The molecule has 2 atom stereocenters. The molecule has 2 aromatic carbocycles. The maximum atomic E-state index is 12.9. The number of alkyl halides is 3. The van der Waals surface area contributed by atoms with Crippen LogP contribution in [0, 0.1) is 0 Å². The van der Waals surface area contributed by atoms with Crippen molar-refractivity contribution in [2.24, 2.45) is 5.73 Å². The van der Waals surface area contributed by atoms with E-state index in [-0.39, 0.29) is 29.4 Å². The largest absolute Gasteiger partial charge is 0.493 e. The van der Waals surface area contributed by atoms with E-state index in [0.29, 0.717) is 0 Å². The molecular formula is C18H20F3NO4. The van der Waals surface area contributed by atoms with Gasteiger partial charge in [-0.25, -0.2) is 0 Å². The number of hydrogen-bond donors (Lipinski definition) is 2. The van der Waals surface area contributed by atoms with E-state index in [1.54, 1.807) is 0 Å². The minimum atomic E-state index is -4.87. The third-order valence-corrected chi connectivity index (χ3v) is 3.79. The third kappa shape index (κ3) is 4.59. The van der Waals surface area contributed by atoms with Crippen molar-refractivity contribution in [2.75, 3.05) is 14.2 Å². The molecule has 3 N–H and O–H groups in total. The highest BCUT2D eigenvalue weighted by Crippen LogP contribution is 2.40. The topological polar surface area (TPSA) is 73.9 Å². The van der Waals surface area contributed by atoms with Gasteiger partial charge in [0.05, 0.1) is 20.3 Å². The van der Waals surface area contributed by atoms with Gasteiger partial charge in [-0.05, 0) is 11.6 Å². The predicted molar refractivity (Wildman–Crippen MR) is 89.3 cm³/mol. The number of halogens is 3. The lowest BCUT2D eigenvalue weighted by atomic mass is 10.00. The number of methoxy groups -OCH3 is 2. The maximum Gasteiger partial charge on any atom is 0.416 e. The fourth-order valence-electron chi connectivity index (χ4n) is 2.37. The zero-order valence-corrected chi connectivity index (χ0v) is 14.3. The molecule has 0 heterocycles. The Labute approximate surface area is 149 Å². The van der Waals surface area contributed by atoms with E-state index in [2.05, 4.69) is 0 Å². The molecule has 0 unspecified atom stereocenters. The molecule has 0 bridgehead atoms. The van der Waals surface area contributed by atoms with Crippen LogP contribution in [0.5, 0.6) is 17.2 Å². The van der Waals surface area contributed by atoms with Crippen LogP contribution in [0.3, 0.4) is 0 Å². The fraction of sp³-hybridized carbons (Fsp3) is 0.333. The van der Waals surface area contributed by atoms with Crippen LogP contribution in [-0.4, -0.2) is 31.6 Å². The first-order chi connectivity index (χ1) is 12.3. The second-order valence-corrected chi connectivity index (χ2v) is 5.53. The minimum Gasteiger partial charge on any atom is -0.493 e. The van der Waals surface area contributed by atoms with Crippen molar-refractivity contribution in [2.45, 2.75) is 24.9 Å². The van der Waals surface area contributed by atoms with Gasteiger partial charge in [0, 0.05) is 11.6 Å². The Bertz CT molecular complexity index is 722. The molecule has 142 valence electrons. The second kappa shape index (κ2) is 8.29. The lowest BCUT2D eigenvalue weighted by Crippen LogP contribution is -2.39. The maximum absolute atomic E-state index is 12.9. The van der Waals surface area contributed by atoms with E-state index in [1.165, 1.54) is 26.4 Å². The fourth-order valence-corrected chi connectivity index (χ4v) is 2.37. The quantitative estimate of drug-likeness (QED) is 0.782. The van der Waals surface area contributed by atoms with Crippen LogP contribution in [-0.2, 0) is 6.61 Å². The minimum absolute atomic E-state index is 0.0385. The monoisotopic (exact) mass is 371 g/mol. The summed E-state index contributed by atoms with van der Waals surface area (Å²) in [6.07, 6.45) is -7.62. The van der Waals surface area contributed by atoms with Crippen LogP contribution in [0.25, 0.3) is 0 Å². The summed E-state index contributed by atoms with van der Waals surface area (Å²) in [5.41, 5.74) is 6.44. The second-order valence-electron chi connectivity index (χ2n) is 5.53. The molecule has 5 nitrogen and oxygen atoms in total. The number of aliphatic hydroxyl groups is 1. The van der Waals surface area contributed by atoms with Crippen molar-refractivity contribution in [3.63, 3.8) is 0 Å². The van der Waals surface area contributed by atoms with Gasteiger partial charge in [0.25, 0.3) is 0 Å². The average molecular weight is 371 g/mol. The van der Waals surface area contributed by atoms with Gasteiger partial charge in [-0.1, -0.05) is 30.3 Å². The Morgan fingerprint density at radius 3 is 2.12 bits per heavy atom. The van der Waals surface area contributed by atoms with Crippen LogP contribution in [0.4, 0.5) is 13.2 Å². The summed E-state index contributed by atoms with van der Waals surface area (Å²) >= 11 is 0. The van der Waals surface area contributed by atoms with Gasteiger partial charge in [0.1, 0.15) is 12.4 Å². The van der Waals surface area contributed by atoms with Crippen LogP contribution in [0.2, 0.25) is 0 Å². The smallest absolute Gasteiger partial charge is 0.416 e. The molecule has 0 saturated carbocycles. The lowest BCUT2D eigenvalue weighted by molar-refractivity contribution is -0.210. The zero-order chi connectivity index (χ0) is 19.3. The molecule has 0 aliphatic carbocycles. The molecule has 0 amide bonds. The number of ether oxygens (including phenoxy) is 3. The number of benzene rings is 2. The Hall–Kier alpha value is -2.45. The predicted octanol–water partition coefficient (Wildman–Crippen LogP) is 3.21. The molecule has 0 aliphatic rings. The van der Waals surface area contributed by atoms with Crippen LogP contribution < -0.4 is 19.9 Å². The molecule has 0 radical (unpaired) electrons. The molecule has 2 aromatic rings. The highest BCUT2D eigenvalue weighted by molar-refractivity contribution is 5.52. The first kappa shape index (κ1) is 19.9. The highest BCUT2D eigenvalue weighted by atomic mass is 19.4. The van der Waals surface area contributed by atoms with E-state index in [1.807, 2.05) is 30.3 Å². The van der Waals surface area contributed by atoms with Crippen molar-refractivity contribution < 1.29 is 32.5 Å². The van der Waals surface area contributed by atoms with Gasteiger partial charge >= 0.3 is 6.18 Å². The Morgan fingerprint density at radius 1 is 1.00 bits per heavy atom. The van der Waals surface area contributed by atoms with E-state index in [0.717, 1.165) is 5.56 Å². The molecule has 0 aliphatic heterocycles. The lowest BCUT2D eigenvalue weighted by Gasteiger charge is -2.24. The van der Waals surface area contributed by atoms with E-state index >= 15 is 0 Å². The van der Waals surface area contributed by atoms with Crippen LogP contribution in [0.15, 0.2) is 42.5 Å². The summed E-state index contributed by atoms with van der Waals surface area (Å²) in [5, 5.41) is 9.53. The molecule has 0 aromatic heterocycles. The van der Waals surface area contributed by atoms with Gasteiger partial charge < -0.3 is 25.1 Å². The molecule has 8 heteroatoms. The van der Waals surface area contributed by atoms with Crippen LogP contribution >= 0.6 is 0 Å². The van der Waals surface area contributed by atoms with E-state index in [4.69, 9.17) is 19.9 Å². The summed E-state index contributed by atoms with van der Waals surface area (Å²) in [6.45, 7) is 0.109. The third-order valence-electron chi connectivity index (χ3n) is 3.79. The Kier molecular flexibility index (Phi) is 6.33. The van der Waals surface area contributed by atoms with Crippen molar-refractivity contribution in [3.8, 4) is 17.2 Å². The van der Waals surface area contributed by atoms with E-state index < -0.39 is 18.3 Å². The van der Waals surface area contributed by atoms with Crippen molar-refractivity contribution in [1.29, 1.82) is 0 Å². The Balaban J connectivity index is 2.39. The average Bonchev–Trinajstić information content (AvgIpc) is 2.64. The van der Waals surface area contributed by atoms with Crippen molar-refractivity contribution in [3.05, 3.63) is 53.6 Å². The number of nitrogens with two attached hydrogens (primary N) is 1. The van der Waals surface area contributed by atoms with Crippen LogP contribution in [0.1, 0.15) is 17.2 Å². The summed E-state index contributed by atoms with van der Waals surface area (Å²) in [5.74, 6) is 0.523. The highest BCUT2D eigenvalue weighted by Gasteiger charge is 2.43. The molecule has 0 saturated heterocycles. The summed E-state index contributed by atoms with van der Waals surface area (Å²) in [7, 11) is 2.74. The summed E-state index contributed by atoms with van der Waals surface area (Å²) < 4.78 is 54.5. The molecule has 0 fully saturated rings. The standard InChI is InChI=1S/C18H20F3NO4/c1-24-14-8-12(16(22)17(23)18(19,20)21)13(9-15(14)25-2)26-10-11-6-4-3-5-7-11/h3-9,16-17,23H,10,22H2,1-2H3/t16-,17-/m0/s1. The van der Waals surface area contributed by atoms with Gasteiger partial charge in [-0.3, -0.25) is 0 Å². The zero-order valence-electron chi connectivity index (χ0n) is 14.3. The van der Waals surface area contributed by atoms with Gasteiger partial charge in [-0.2, -0.15) is 13.2 Å². The Morgan fingerprint density at radius 2 is 1.58 bits per heavy atom. The summed E-state index contributed by atoms with van der Waals surface area (Å²) in [4.78, 5) is 0. The number of hydrogen-bond acceptors (Lipinski definition) is 5. The summed E-state index contributed by atoms with van der Waals surface area (Å²) in [6, 6.07) is 10.00. The normalized spacial score (nSPS) is 13.8. The number of rotatable bonds is 7. The molecule has 2 rings (SSSR count). The SMILES string of the molecule is COc1cc(OCc2ccccc2)c([C@H](N)[C@H](O)C(F)(F)F)cc1OC. The van der Waals surface area contributed by atoms with Gasteiger partial charge in [0.15, 0.2) is 17.6 Å². The van der Waals surface area contributed by atoms with Crippen molar-refractivity contribution in [1.82, 2.24) is 0 Å². The first-order valence-electron chi connectivity index (χ1n) is 7.71. The number of aliphatic hydroxyl groups excluding tert-OH is 1. The van der Waals surface area contributed by atoms with E-state index in [9.17, 15) is 18.3 Å².